The van der Waals surface area contributed by atoms with Crippen molar-refractivity contribution in [1.82, 2.24) is 15.3 Å². The van der Waals surface area contributed by atoms with Crippen molar-refractivity contribution in [2.45, 2.75) is 52.1 Å². The maximum atomic E-state index is 13.9. The molecule has 2 amide bonds. The minimum Gasteiger partial charge on any atom is -0.493 e. The molecule has 236 valence electrons. The second-order valence-electron chi connectivity index (χ2n) is 11.2. The van der Waals surface area contributed by atoms with Crippen molar-refractivity contribution in [1.29, 1.82) is 0 Å². The lowest BCUT2D eigenvalue weighted by atomic mass is 9.95. The van der Waals surface area contributed by atoms with E-state index in [4.69, 9.17) is 14.2 Å². The average Bonchev–Trinajstić information content (AvgIpc) is 3.38. The summed E-state index contributed by atoms with van der Waals surface area (Å²) in [4.78, 5) is 47.1. The van der Waals surface area contributed by atoms with Gasteiger partial charge in [0.2, 0.25) is 23.0 Å². The minimum atomic E-state index is -0.709. The molecule has 11 heteroatoms. The van der Waals surface area contributed by atoms with Crippen LogP contribution < -0.4 is 35.6 Å². The second kappa shape index (κ2) is 13.3. The molecule has 3 atom stereocenters. The fourth-order valence-corrected chi connectivity index (χ4v) is 5.93. The Labute approximate surface area is 261 Å². The number of amides is 2. The Morgan fingerprint density at radius 1 is 1.04 bits per heavy atom. The number of nitrogens with zero attached hydrogens (tertiary/aromatic N) is 1. The summed E-state index contributed by atoms with van der Waals surface area (Å²) in [6, 6.07) is 11.3. The number of carbonyl (C=O) groups excluding carboxylic acids is 2. The molecule has 1 aliphatic carbocycles. The molecule has 5 rings (SSSR count). The lowest BCUT2D eigenvalue weighted by molar-refractivity contribution is -0.120. The third kappa shape index (κ3) is 6.29. The lowest BCUT2D eigenvalue weighted by Crippen LogP contribution is -2.40. The van der Waals surface area contributed by atoms with E-state index in [0.29, 0.717) is 53.3 Å². The summed E-state index contributed by atoms with van der Waals surface area (Å²) in [5.41, 5.74) is 5.20. The summed E-state index contributed by atoms with van der Waals surface area (Å²) in [5.74, 6) is 0.837. The van der Waals surface area contributed by atoms with E-state index in [9.17, 15) is 14.4 Å². The topological polar surface area (TPSA) is 144 Å². The maximum Gasteiger partial charge on any atom is 0.247 e. The molecule has 0 radical (unpaired) electrons. The van der Waals surface area contributed by atoms with E-state index < -0.39 is 12.1 Å². The van der Waals surface area contributed by atoms with Gasteiger partial charge >= 0.3 is 0 Å². The molecule has 3 aromatic carbocycles. The number of aromatic nitrogens is 2. The first kappa shape index (κ1) is 31.4. The molecule has 0 saturated heterocycles. The Morgan fingerprint density at radius 3 is 2.51 bits per heavy atom. The number of nitrogens with one attached hydrogen (secondary N) is 4. The Kier molecular flexibility index (Phi) is 9.26. The molecule has 11 nitrogen and oxygen atoms in total. The fraction of sp³-hybridized carbons (Fsp3) is 0.353. The summed E-state index contributed by atoms with van der Waals surface area (Å²) in [6.07, 6.45) is 3.44. The molecular formula is C34H39N5O6. The highest BCUT2D eigenvalue weighted by Gasteiger charge is 2.30. The van der Waals surface area contributed by atoms with E-state index >= 15 is 0 Å². The van der Waals surface area contributed by atoms with Gasteiger partial charge in [0, 0.05) is 18.2 Å². The van der Waals surface area contributed by atoms with Crippen molar-refractivity contribution in [2.24, 2.45) is 5.92 Å². The first-order valence-corrected chi connectivity index (χ1v) is 15.0. The molecule has 1 aliphatic rings. The predicted molar refractivity (Wildman–Crippen MR) is 174 cm³/mol. The molecule has 0 spiro atoms. The molecule has 1 aromatic heterocycles. The number of benzene rings is 2. The van der Waals surface area contributed by atoms with E-state index in [1.54, 1.807) is 45.9 Å². The Balaban J connectivity index is 1.60. The highest BCUT2D eigenvalue weighted by Crippen LogP contribution is 2.50. The Morgan fingerprint density at radius 2 is 1.82 bits per heavy atom. The van der Waals surface area contributed by atoms with E-state index in [2.05, 4.69) is 25.9 Å². The summed E-state index contributed by atoms with van der Waals surface area (Å²) in [6.45, 7) is 5.42. The number of hydrogen-bond acceptors (Lipinski definition) is 8. The number of anilines is 2. The molecule has 0 saturated carbocycles. The smallest absolute Gasteiger partial charge is 0.247 e. The Bertz CT molecular complexity index is 1800. The van der Waals surface area contributed by atoms with Crippen LogP contribution in [0, 0.1) is 5.92 Å². The molecular weight excluding hydrogens is 574 g/mol. The van der Waals surface area contributed by atoms with Crippen LogP contribution in [-0.2, 0) is 16.0 Å². The van der Waals surface area contributed by atoms with Gasteiger partial charge in [0.05, 0.1) is 50.4 Å². The van der Waals surface area contributed by atoms with Crippen molar-refractivity contribution >= 4 is 34.2 Å². The molecule has 1 heterocycles. The molecule has 0 aliphatic heterocycles. The van der Waals surface area contributed by atoms with Gasteiger partial charge in [-0.15, -0.1) is 0 Å². The zero-order valence-corrected chi connectivity index (χ0v) is 26.4. The monoisotopic (exact) mass is 613 g/mol. The van der Waals surface area contributed by atoms with Crippen molar-refractivity contribution in [3.63, 3.8) is 0 Å². The highest BCUT2D eigenvalue weighted by molar-refractivity contribution is 5.98. The van der Waals surface area contributed by atoms with Crippen LogP contribution in [0.15, 0.2) is 53.6 Å². The number of methoxy groups -OCH3 is 3. The summed E-state index contributed by atoms with van der Waals surface area (Å²) in [5, 5.41) is 9.26. The number of aryl methyl sites for hydroxylation is 1. The second-order valence-corrected chi connectivity index (χ2v) is 11.2. The third-order valence-corrected chi connectivity index (χ3v) is 8.41. The number of H-pyrrole nitrogens is 1. The number of rotatable bonds is 10. The maximum absolute atomic E-state index is 13.9. The lowest BCUT2D eigenvalue weighted by Gasteiger charge is -2.24. The number of imidazole rings is 1. The van der Waals surface area contributed by atoms with Crippen LogP contribution in [0.25, 0.3) is 22.2 Å². The zero-order chi connectivity index (χ0) is 32.2. The molecule has 45 heavy (non-hydrogen) atoms. The van der Waals surface area contributed by atoms with Crippen molar-refractivity contribution in [3.8, 4) is 28.4 Å². The first-order chi connectivity index (χ1) is 21.7. The normalized spacial score (nSPS) is 15.1. The van der Waals surface area contributed by atoms with Crippen molar-refractivity contribution in [3.05, 3.63) is 70.1 Å². The largest absolute Gasteiger partial charge is 0.493 e. The van der Waals surface area contributed by atoms with Crippen LogP contribution >= 0.6 is 0 Å². The zero-order valence-electron chi connectivity index (χ0n) is 26.4. The van der Waals surface area contributed by atoms with Gasteiger partial charge in [0.25, 0.3) is 0 Å². The van der Waals surface area contributed by atoms with Gasteiger partial charge in [-0.25, -0.2) is 4.98 Å². The quantitative estimate of drug-likeness (QED) is 0.191. The van der Waals surface area contributed by atoms with E-state index in [1.165, 1.54) is 6.92 Å². The van der Waals surface area contributed by atoms with Gasteiger partial charge in [-0.1, -0.05) is 26.3 Å². The minimum absolute atomic E-state index is 0.103. The van der Waals surface area contributed by atoms with Gasteiger partial charge in [0.1, 0.15) is 6.04 Å². The van der Waals surface area contributed by atoms with Gasteiger partial charge in [-0.05, 0) is 71.8 Å². The van der Waals surface area contributed by atoms with Crippen LogP contribution in [0.2, 0.25) is 0 Å². The van der Waals surface area contributed by atoms with Crippen LogP contribution in [-0.4, -0.2) is 49.2 Å². The average molecular weight is 614 g/mol. The summed E-state index contributed by atoms with van der Waals surface area (Å²) >= 11 is 0. The highest BCUT2D eigenvalue weighted by atomic mass is 16.5. The van der Waals surface area contributed by atoms with E-state index in [0.717, 1.165) is 22.2 Å². The summed E-state index contributed by atoms with van der Waals surface area (Å²) in [7, 11) is 4.66. The van der Waals surface area contributed by atoms with Crippen LogP contribution in [0.4, 0.5) is 11.4 Å². The number of carbonyl (C=O) groups is 2. The number of aromatic amines is 1. The van der Waals surface area contributed by atoms with Crippen molar-refractivity contribution < 1.29 is 23.8 Å². The number of ether oxygens (including phenoxy) is 3. The predicted octanol–water partition coefficient (Wildman–Crippen LogP) is 5.20. The van der Waals surface area contributed by atoms with E-state index in [1.807, 2.05) is 38.1 Å². The number of fused-ring (bicyclic) bond motifs is 4. The number of hydrogen-bond donors (Lipinski definition) is 4. The molecule has 0 fully saturated rings. The molecule has 0 bridgehead atoms. The van der Waals surface area contributed by atoms with Gasteiger partial charge < -0.3 is 35.1 Å². The van der Waals surface area contributed by atoms with Crippen LogP contribution in [0.1, 0.15) is 50.8 Å². The van der Waals surface area contributed by atoms with Crippen LogP contribution in [0.5, 0.6) is 17.2 Å². The molecule has 4 N–H and O–H groups in total. The molecule has 4 aromatic rings. The van der Waals surface area contributed by atoms with Crippen molar-refractivity contribution in [2.75, 3.05) is 32.0 Å². The van der Waals surface area contributed by atoms with Gasteiger partial charge in [-0.2, -0.15) is 0 Å². The fourth-order valence-electron chi connectivity index (χ4n) is 5.93. The first-order valence-electron chi connectivity index (χ1n) is 15.0. The third-order valence-electron chi connectivity index (χ3n) is 8.41. The van der Waals surface area contributed by atoms with Crippen LogP contribution in [0.3, 0.4) is 0 Å². The van der Waals surface area contributed by atoms with Gasteiger partial charge in [-0.3, -0.25) is 14.4 Å². The molecule has 0 unspecified atom stereocenters. The SMILES string of the molecule is CC[C@H](C)[C@@H](Nc1ccc2c(cc1=O)[C@H](NC(C)=O)CCc1cc(OC)c(OC)c(OC)c1-2)C(=O)Nc1ccc2nc[nH]c2c1. The Hall–Kier alpha value is -5.06. The van der Waals surface area contributed by atoms with E-state index in [-0.39, 0.29) is 28.8 Å². The summed E-state index contributed by atoms with van der Waals surface area (Å²) < 4.78 is 17.2. The van der Waals surface area contributed by atoms with Gasteiger partial charge in [0.15, 0.2) is 11.5 Å². The standard InChI is InChI=1S/C34H39N5O6/c1-7-18(2)31(34(42)38-21-9-12-25-27(15-21)36-17-35-25)39-26-13-10-22-23(16-28(26)41)24(37-19(3)40)11-8-20-14-29(43-4)32(44-5)33(45-6)30(20)22/h9-10,12-18,24,31H,7-8,11H2,1-6H3,(H,35,36)(H,37,40)(H,38,42)(H,39,41)/t18-,24+,31+/m0/s1.